The molecule has 0 amide bonds. The average molecular weight is 544 g/mol. The number of nitrogens with zero attached hydrogens (tertiary/aromatic N) is 4. The molecular formula is C26H33N5O6S. The van der Waals surface area contributed by atoms with E-state index in [-0.39, 0.29) is 22.2 Å². The molecule has 4 rings (SSSR count). The number of nitrogens with one attached hydrogen (secondary N) is 1. The standard InChI is InChI=1S/C26H33N5O6S/c1-7-9-35-18-11-19(36-10-8-2)13-20(12-18)37-24-15-23-22(30(5)26(32)31(23)6)14-21(24)28-38(33,34)25-16-29(4)17(3)27-25/h11-16,28H,7-10H2,1-6H3. The molecule has 0 aliphatic heterocycles. The van der Waals surface area contributed by atoms with E-state index in [4.69, 9.17) is 14.2 Å². The number of aromatic nitrogens is 4. The van der Waals surface area contributed by atoms with E-state index >= 15 is 0 Å². The van der Waals surface area contributed by atoms with Crippen LogP contribution in [0.15, 0.2) is 46.3 Å². The minimum absolute atomic E-state index is 0.129. The lowest BCUT2D eigenvalue weighted by atomic mass is 10.2. The van der Waals surface area contributed by atoms with E-state index in [1.54, 1.807) is 63.0 Å². The molecule has 4 aromatic rings. The van der Waals surface area contributed by atoms with E-state index in [0.717, 1.165) is 12.8 Å². The van der Waals surface area contributed by atoms with E-state index in [0.29, 0.717) is 47.3 Å². The third-order valence-corrected chi connectivity index (χ3v) is 7.24. The minimum Gasteiger partial charge on any atom is -0.493 e. The van der Waals surface area contributed by atoms with Crippen LogP contribution < -0.4 is 24.6 Å². The summed E-state index contributed by atoms with van der Waals surface area (Å²) in [7, 11) is 0.922. The summed E-state index contributed by atoms with van der Waals surface area (Å²) < 4.78 is 51.5. The predicted octanol–water partition coefficient (Wildman–Crippen LogP) is 4.09. The second-order valence-electron chi connectivity index (χ2n) is 9.02. The van der Waals surface area contributed by atoms with Crippen LogP contribution in [0.3, 0.4) is 0 Å². The molecule has 204 valence electrons. The molecule has 11 nitrogen and oxygen atoms in total. The number of hydrogen-bond donors (Lipinski definition) is 1. The zero-order valence-corrected chi connectivity index (χ0v) is 23.3. The molecule has 1 N–H and O–H groups in total. The van der Waals surface area contributed by atoms with Gasteiger partial charge in [0.05, 0.1) is 29.9 Å². The van der Waals surface area contributed by atoms with Gasteiger partial charge in [-0.15, -0.1) is 0 Å². The summed E-state index contributed by atoms with van der Waals surface area (Å²) in [5.41, 5.74) is 1.01. The topological polar surface area (TPSA) is 119 Å². The quantitative estimate of drug-likeness (QED) is 0.303. The Morgan fingerprint density at radius 2 is 1.42 bits per heavy atom. The maximum Gasteiger partial charge on any atom is 0.328 e. The van der Waals surface area contributed by atoms with Crippen molar-refractivity contribution < 1.29 is 22.6 Å². The number of anilines is 1. The molecule has 0 aliphatic carbocycles. The molecule has 0 fully saturated rings. The monoisotopic (exact) mass is 543 g/mol. The third-order valence-electron chi connectivity index (χ3n) is 6.01. The van der Waals surface area contributed by atoms with Gasteiger partial charge in [0, 0.05) is 51.6 Å². The van der Waals surface area contributed by atoms with Gasteiger partial charge in [0.2, 0.25) is 0 Å². The SMILES string of the molecule is CCCOc1cc(OCCC)cc(Oc2cc3c(cc2NS(=O)(=O)c2cn(C)c(C)n2)n(C)c(=O)n3C)c1. The van der Waals surface area contributed by atoms with E-state index in [2.05, 4.69) is 9.71 Å². The van der Waals surface area contributed by atoms with Gasteiger partial charge in [-0.05, 0) is 25.8 Å². The molecule has 0 saturated heterocycles. The summed E-state index contributed by atoms with van der Waals surface area (Å²) >= 11 is 0. The lowest BCUT2D eigenvalue weighted by molar-refractivity contribution is 0.299. The molecule has 38 heavy (non-hydrogen) atoms. The van der Waals surface area contributed by atoms with Gasteiger partial charge in [-0.1, -0.05) is 13.8 Å². The van der Waals surface area contributed by atoms with Crippen LogP contribution in [0, 0.1) is 6.92 Å². The van der Waals surface area contributed by atoms with Crippen molar-refractivity contribution in [2.75, 3.05) is 17.9 Å². The Labute approximate surface area is 221 Å². The van der Waals surface area contributed by atoms with Gasteiger partial charge in [-0.2, -0.15) is 8.42 Å². The van der Waals surface area contributed by atoms with Crippen molar-refractivity contribution in [1.29, 1.82) is 0 Å². The Hall–Kier alpha value is -3.93. The Bertz CT molecular complexity index is 1590. The fourth-order valence-corrected chi connectivity index (χ4v) is 4.98. The van der Waals surface area contributed by atoms with Crippen molar-refractivity contribution >= 4 is 26.7 Å². The van der Waals surface area contributed by atoms with Gasteiger partial charge < -0.3 is 18.8 Å². The van der Waals surface area contributed by atoms with Crippen molar-refractivity contribution in [3.8, 4) is 23.0 Å². The van der Waals surface area contributed by atoms with Crippen molar-refractivity contribution in [2.45, 2.75) is 38.6 Å². The van der Waals surface area contributed by atoms with Crippen molar-refractivity contribution in [2.24, 2.45) is 21.1 Å². The molecule has 0 bridgehead atoms. The number of hydrogen-bond acceptors (Lipinski definition) is 7. The predicted molar refractivity (Wildman–Crippen MR) is 145 cm³/mol. The maximum atomic E-state index is 13.3. The van der Waals surface area contributed by atoms with Gasteiger partial charge in [0.15, 0.2) is 10.8 Å². The number of imidazole rings is 2. The highest BCUT2D eigenvalue weighted by Gasteiger charge is 2.23. The molecule has 0 saturated carbocycles. The molecule has 0 radical (unpaired) electrons. The fourth-order valence-electron chi connectivity index (χ4n) is 3.88. The van der Waals surface area contributed by atoms with Crippen molar-refractivity contribution in [3.05, 3.63) is 52.8 Å². The smallest absolute Gasteiger partial charge is 0.328 e. The Morgan fingerprint density at radius 3 is 1.95 bits per heavy atom. The first-order valence-electron chi connectivity index (χ1n) is 12.3. The molecule has 12 heteroatoms. The first-order valence-corrected chi connectivity index (χ1v) is 13.8. The van der Waals surface area contributed by atoms with E-state index in [1.165, 1.54) is 15.3 Å². The van der Waals surface area contributed by atoms with Crippen LogP contribution >= 0.6 is 0 Å². The average Bonchev–Trinajstić information content (AvgIpc) is 3.33. The first-order chi connectivity index (χ1) is 18.0. The second kappa shape index (κ2) is 10.8. The maximum absolute atomic E-state index is 13.3. The lowest BCUT2D eigenvalue weighted by Gasteiger charge is -2.16. The lowest BCUT2D eigenvalue weighted by Crippen LogP contribution is -2.19. The zero-order chi connectivity index (χ0) is 27.6. The van der Waals surface area contributed by atoms with Crippen LogP contribution in [-0.4, -0.2) is 40.3 Å². The van der Waals surface area contributed by atoms with Crippen LogP contribution in [-0.2, 0) is 31.2 Å². The summed E-state index contributed by atoms with van der Waals surface area (Å²) in [5.74, 6) is 2.26. The second-order valence-corrected chi connectivity index (χ2v) is 10.6. The number of sulfonamides is 1. The van der Waals surface area contributed by atoms with Gasteiger partial charge in [-0.3, -0.25) is 13.9 Å². The number of aryl methyl sites for hydroxylation is 4. The molecule has 0 unspecified atom stereocenters. The highest BCUT2D eigenvalue weighted by Crippen LogP contribution is 2.37. The number of rotatable bonds is 11. The Kier molecular flexibility index (Phi) is 7.72. The van der Waals surface area contributed by atoms with Crippen LogP contribution in [0.25, 0.3) is 11.0 Å². The summed E-state index contributed by atoms with van der Waals surface area (Å²) in [6.45, 7) is 6.77. The van der Waals surface area contributed by atoms with Gasteiger partial charge in [-0.25, -0.2) is 9.78 Å². The summed E-state index contributed by atoms with van der Waals surface area (Å²) in [6, 6.07) is 8.41. The van der Waals surface area contributed by atoms with Crippen molar-refractivity contribution in [1.82, 2.24) is 18.7 Å². The van der Waals surface area contributed by atoms with Gasteiger partial charge >= 0.3 is 5.69 Å². The molecule has 2 aromatic carbocycles. The molecule has 0 spiro atoms. The van der Waals surface area contributed by atoms with E-state index in [9.17, 15) is 13.2 Å². The fraction of sp³-hybridized carbons (Fsp3) is 0.385. The zero-order valence-electron chi connectivity index (χ0n) is 22.4. The Morgan fingerprint density at radius 1 is 0.868 bits per heavy atom. The minimum atomic E-state index is -4.06. The summed E-state index contributed by atoms with van der Waals surface area (Å²) in [5, 5.41) is -0.129. The van der Waals surface area contributed by atoms with Crippen LogP contribution in [0.5, 0.6) is 23.0 Å². The molecule has 2 heterocycles. The number of ether oxygens (including phenoxy) is 3. The molecule has 0 aliphatic rings. The van der Waals surface area contributed by atoms with Gasteiger partial charge in [0.25, 0.3) is 10.0 Å². The third kappa shape index (κ3) is 5.49. The molecule has 0 atom stereocenters. The summed E-state index contributed by atoms with van der Waals surface area (Å²) in [4.78, 5) is 16.8. The van der Waals surface area contributed by atoms with Crippen LogP contribution in [0.1, 0.15) is 32.5 Å². The van der Waals surface area contributed by atoms with E-state index in [1.807, 2.05) is 13.8 Å². The number of benzene rings is 2. The number of fused-ring (bicyclic) bond motifs is 1. The normalized spacial score (nSPS) is 11.6. The highest BCUT2D eigenvalue weighted by atomic mass is 32.2. The molecular weight excluding hydrogens is 510 g/mol. The van der Waals surface area contributed by atoms with Crippen LogP contribution in [0.2, 0.25) is 0 Å². The molecule has 2 aromatic heterocycles. The highest BCUT2D eigenvalue weighted by molar-refractivity contribution is 7.92. The van der Waals surface area contributed by atoms with Crippen molar-refractivity contribution in [3.63, 3.8) is 0 Å². The first kappa shape index (κ1) is 27.1. The Balaban J connectivity index is 1.82. The van der Waals surface area contributed by atoms with Crippen LogP contribution in [0.4, 0.5) is 5.69 Å². The van der Waals surface area contributed by atoms with Gasteiger partial charge in [0.1, 0.15) is 23.1 Å². The summed E-state index contributed by atoms with van der Waals surface area (Å²) in [6.07, 6.45) is 3.09. The largest absolute Gasteiger partial charge is 0.493 e. The van der Waals surface area contributed by atoms with E-state index < -0.39 is 10.0 Å².